The van der Waals surface area contributed by atoms with E-state index in [1.54, 1.807) is 0 Å². The van der Waals surface area contributed by atoms with E-state index >= 15 is 0 Å². The van der Waals surface area contributed by atoms with Crippen LogP contribution >= 0.6 is 0 Å². The van der Waals surface area contributed by atoms with Gasteiger partial charge in [-0.2, -0.15) is 0 Å². The van der Waals surface area contributed by atoms with Gasteiger partial charge in [0.1, 0.15) is 0 Å². The van der Waals surface area contributed by atoms with Crippen molar-refractivity contribution in [2.75, 3.05) is 27.2 Å². The number of rotatable bonds is 4. The first-order valence-corrected chi connectivity index (χ1v) is 9.08. The van der Waals surface area contributed by atoms with Crippen LogP contribution in [0.1, 0.15) is 29.0 Å². The van der Waals surface area contributed by atoms with Crippen molar-refractivity contribution in [2.45, 2.75) is 30.8 Å². The molecule has 1 saturated heterocycles. The monoisotopic (exact) mass is 321 g/mol. The lowest BCUT2D eigenvalue weighted by Crippen LogP contribution is -2.42. The maximum Gasteiger partial charge on any atom is 0.0798 e. The molecule has 4 rings (SSSR count). The minimum Gasteiger partial charge on any atom is -0.374 e. The van der Waals surface area contributed by atoms with Gasteiger partial charge in [-0.25, -0.2) is 0 Å². The average Bonchev–Trinajstić information content (AvgIpc) is 2.94. The highest BCUT2D eigenvalue weighted by atomic mass is 16.5. The third kappa shape index (κ3) is 2.78. The average molecular weight is 321 g/mol. The van der Waals surface area contributed by atoms with Crippen LogP contribution < -0.4 is 0 Å². The molecule has 0 spiro atoms. The van der Waals surface area contributed by atoms with Crippen molar-refractivity contribution >= 4 is 0 Å². The summed E-state index contributed by atoms with van der Waals surface area (Å²) < 4.78 is 6.59. The Morgan fingerprint density at radius 1 is 1.04 bits per heavy atom. The van der Waals surface area contributed by atoms with Gasteiger partial charge in [-0.3, -0.25) is 0 Å². The Morgan fingerprint density at radius 2 is 1.79 bits per heavy atom. The third-order valence-electron chi connectivity index (χ3n) is 5.78. The molecule has 126 valence electrons. The zero-order chi connectivity index (χ0) is 16.6. The SMILES string of the molecule is CN(C)C[C@H]1CO[C@@]2(Cc3ccccc3)CCc3ccccc3[C@@H]12. The topological polar surface area (TPSA) is 12.5 Å². The summed E-state index contributed by atoms with van der Waals surface area (Å²) in [5.41, 5.74) is 4.42. The molecule has 2 nitrogen and oxygen atoms in total. The van der Waals surface area contributed by atoms with Crippen LogP contribution in [0.15, 0.2) is 54.6 Å². The highest BCUT2D eigenvalue weighted by molar-refractivity contribution is 5.39. The standard InChI is InChI=1S/C22H27NO/c1-23(2)15-19-16-24-22(14-17-8-4-3-5-9-17)13-12-18-10-6-7-11-20(18)21(19)22/h3-11,19,21H,12-16H2,1-2H3/t19-,21+,22+/m0/s1. The van der Waals surface area contributed by atoms with E-state index in [1.807, 2.05) is 0 Å². The molecule has 0 amide bonds. The molecular weight excluding hydrogens is 294 g/mol. The lowest BCUT2D eigenvalue weighted by Gasteiger charge is -2.41. The van der Waals surface area contributed by atoms with Crippen LogP contribution in [0.25, 0.3) is 0 Å². The predicted molar refractivity (Wildman–Crippen MR) is 98.4 cm³/mol. The molecule has 0 unspecified atom stereocenters. The molecule has 24 heavy (non-hydrogen) atoms. The van der Waals surface area contributed by atoms with Crippen molar-refractivity contribution in [1.29, 1.82) is 0 Å². The van der Waals surface area contributed by atoms with E-state index in [0.717, 1.165) is 32.4 Å². The van der Waals surface area contributed by atoms with Crippen LogP contribution in [0.5, 0.6) is 0 Å². The fourth-order valence-corrected chi connectivity index (χ4v) is 4.88. The maximum atomic E-state index is 6.59. The number of hydrogen-bond donors (Lipinski definition) is 0. The molecule has 1 aliphatic heterocycles. The Labute approximate surface area is 145 Å². The summed E-state index contributed by atoms with van der Waals surface area (Å²) in [6, 6.07) is 19.9. The summed E-state index contributed by atoms with van der Waals surface area (Å²) in [4.78, 5) is 2.31. The lowest BCUT2D eigenvalue weighted by molar-refractivity contribution is -0.0163. The predicted octanol–water partition coefficient (Wildman–Crippen LogP) is 3.91. The maximum absolute atomic E-state index is 6.59. The number of nitrogens with zero attached hydrogens (tertiary/aromatic N) is 1. The Bertz CT molecular complexity index is 696. The first-order chi connectivity index (χ1) is 11.7. The minimum absolute atomic E-state index is 0.0314. The molecule has 0 N–H and O–H groups in total. The lowest BCUT2D eigenvalue weighted by atomic mass is 9.66. The van der Waals surface area contributed by atoms with Crippen LogP contribution in [0.3, 0.4) is 0 Å². The summed E-state index contributed by atoms with van der Waals surface area (Å²) in [6.45, 7) is 1.97. The fraction of sp³-hybridized carbons (Fsp3) is 0.455. The summed E-state index contributed by atoms with van der Waals surface area (Å²) in [5.74, 6) is 1.08. The summed E-state index contributed by atoms with van der Waals surface area (Å²) in [7, 11) is 4.35. The second kappa shape index (κ2) is 6.34. The molecule has 0 aromatic heterocycles. The second-order valence-corrected chi connectivity index (χ2v) is 7.74. The zero-order valence-electron chi connectivity index (χ0n) is 14.7. The van der Waals surface area contributed by atoms with Crippen LogP contribution in [0.4, 0.5) is 0 Å². The normalized spacial score (nSPS) is 28.6. The molecule has 2 aromatic carbocycles. The summed E-state index contributed by atoms with van der Waals surface area (Å²) in [6.07, 6.45) is 3.29. The third-order valence-corrected chi connectivity index (χ3v) is 5.78. The van der Waals surface area contributed by atoms with E-state index in [1.165, 1.54) is 16.7 Å². The highest BCUT2D eigenvalue weighted by Gasteiger charge is 2.52. The van der Waals surface area contributed by atoms with Crippen LogP contribution in [0.2, 0.25) is 0 Å². The first kappa shape index (κ1) is 15.9. The van der Waals surface area contributed by atoms with Crippen LogP contribution in [0, 0.1) is 5.92 Å². The Balaban J connectivity index is 1.73. The summed E-state index contributed by atoms with van der Waals surface area (Å²) >= 11 is 0. The van der Waals surface area contributed by atoms with Crippen molar-refractivity contribution in [3.8, 4) is 0 Å². The van der Waals surface area contributed by atoms with E-state index in [4.69, 9.17) is 4.74 Å². The van der Waals surface area contributed by atoms with Crippen molar-refractivity contribution in [3.05, 3.63) is 71.3 Å². The van der Waals surface area contributed by atoms with Crippen LogP contribution in [-0.4, -0.2) is 37.7 Å². The molecule has 1 fully saturated rings. The molecule has 1 aliphatic carbocycles. The van der Waals surface area contributed by atoms with Crippen molar-refractivity contribution in [1.82, 2.24) is 4.90 Å². The highest BCUT2D eigenvalue weighted by Crippen LogP contribution is 2.52. The van der Waals surface area contributed by atoms with Crippen molar-refractivity contribution in [3.63, 3.8) is 0 Å². The van der Waals surface area contributed by atoms with Gasteiger partial charge in [-0.05, 0) is 43.6 Å². The Morgan fingerprint density at radius 3 is 2.58 bits per heavy atom. The van der Waals surface area contributed by atoms with E-state index < -0.39 is 0 Å². The minimum atomic E-state index is -0.0314. The molecule has 3 atom stereocenters. The zero-order valence-corrected chi connectivity index (χ0v) is 14.7. The van der Waals surface area contributed by atoms with E-state index in [-0.39, 0.29) is 5.60 Å². The molecule has 2 aliphatic rings. The molecular formula is C22H27NO. The Kier molecular flexibility index (Phi) is 4.19. The molecule has 2 aromatic rings. The van der Waals surface area contributed by atoms with Gasteiger partial charge in [-0.15, -0.1) is 0 Å². The molecule has 2 heteroatoms. The van der Waals surface area contributed by atoms with Crippen molar-refractivity contribution < 1.29 is 4.74 Å². The quantitative estimate of drug-likeness (QED) is 0.847. The van der Waals surface area contributed by atoms with Gasteiger partial charge in [-0.1, -0.05) is 54.6 Å². The molecule has 0 bridgehead atoms. The van der Waals surface area contributed by atoms with Gasteiger partial charge >= 0.3 is 0 Å². The van der Waals surface area contributed by atoms with Crippen molar-refractivity contribution in [2.24, 2.45) is 5.92 Å². The van der Waals surface area contributed by atoms with Gasteiger partial charge in [0.25, 0.3) is 0 Å². The van der Waals surface area contributed by atoms with E-state index in [0.29, 0.717) is 11.8 Å². The smallest absolute Gasteiger partial charge is 0.0798 e. The van der Waals surface area contributed by atoms with Gasteiger partial charge < -0.3 is 9.64 Å². The number of aryl methyl sites for hydroxylation is 1. The second-order valence-electron chi connectivity index (χ2n) is 7.74. The summed E-state index contributed by atoms with van der Waals surface area (Å²) in [5, 5.41) is 0. The van der Waals surface area contributed by atoms with Gasteiger partial charge in [0.2, 0.25) is 0 Å². The van der Waals surface area contributed by atoms with Gasteiger partial charge in [0, 0.05) is 24.8 Å². The van der Waals surface area contributed by atoms with Gasteiger partial charge in [0.05, 0.1) is 12.2 Å². The largest absolute Gasteiger partial charge is 0.374 e. The van der Waals surface area contributed by atoms with Crippen LogP contribution in [-0.2, 0) is 17.6 Å². The fourth-order valence-electron chi connectivity index (χ4n) is 4.88. The first-order valence-electron chi connectivity index (χ1n) is 9.08. The number of benzene rings is 2. The molecule has 0 radical (unpaired) electrons. The number of hydrogen-bond acceptors (Lipinski definition) is 2. The molecule has 1 heterocycles. The van der Waals surface area contributed by atoms with E-state index in [2.05, 4.69) is 73.6 Å². The van der Waals surface area contributed by atoms with Gasteiger partial charge in [0.15, 0.2) is 0 Å². The number of ether oxygens (including phenoxy) is 1. The molecule has 0 saturated carbocycles. The van der Waals surface area contributed by atoms with E-state index in [9.17, 15) is 0 Å². The number of fused-ring (bicyclic) bond motifs is 3. The Hall–Kier alpha value is -1.64.